The van der Waals surface area contributed by atoms with Gasteiger partial charge in [0.15, 0.2) is 0 Å². The summed E-state index contributed by atoms with van der Waals surface area (Å²) in [5.41, 5.74) is 1.05. The Labute approximate surface area is 148 Å². The smallest absolute Gasteiger partial charge is 0.497 e. The van der Waals surface area contributed by atoms with Crippen molar-refractivity contribution < 1.29 is 18.0 Å². The molecular weight excluding hydrogens is 320 g/mol. The van der Waals surface area contributed by atoms with Gasteiger partial charge >= 0.3 is 8.80 Å². The van der Waals surface area contributed by atoms with Crippen LogP contribution in [-0.4, -0.2) is 35.7 Å². The van der Waals surface area contributed by atoms with E-state index in [-0.39, 0.29) is 0 Å². The molecule has 0 saturated carbocycles. The summed E-state index contributed by atoms with van der Waals surface area (Å²) in [6.07, 6.45) is 5.48. The normalized spacial score (nSPS) is 12.5. The molecule has 0 amide bonds. The van der Waals surface area contributed by atoms with Gasteiger partial charge in [-0.1, -0.05) is 38.0 Å². The minimum absolute atomic E-state index is 0.557. The van der Waals surface area contributed by atoms with Gasteiger partial charge in [-0.15, -0.1) is 0 Å². The lowest BCUT2D eigenvalue weighted by atomic mass is 10.1. The Morgan fingerprint density at radius 2 is 1.62 bits per heavy atom. The van der Waals surface area contributed by atoms with Crippen LogP contribution < -0.4 is 4.74 Å². The Morgan fingerprint density at radius 1 is 1.00 bits per heavy atom. The number of hydrogen-bond donors (Lipinski definition) is 0. The van der Waals surface area contributed by atoms with Gasteiger partial charge in [0, 0.05) is 25.0 Å². The second-order valence-corrected chi connectivity index (χ2v) is 7.86. The lowest BCUT2D eigenvalue weighted by Crippen LogP contribution is -2.47. The predicted octanol–water partition coefficient (Wildman–Crippen LogP) is 4.86. The molecule has 0 aliphatic rings. The van der Waals surface area contributed by atoms with Crippen molar-refractivity contribution in [2.75, 3.05) is 26.9 Å². The van der Waals surface area contributed by atoms with Crippen LogP contribution in [0, 0.1) is 0 Å². The molecule has 0 bridgehead atoms. The van der Waals surface area contributed by atoms with Crippen LogP contribution in [0.25, 0.3) is 5.20 Å². The lowest BCUT2D eigenvalue weighted by molar-refractivity contribution is 0.0870. The van der Waals surface area contributed by atoms with Gasteiger partial charge < -0.3 is 18.0 Å². The van der Waals surface area contributed by atoms with Crippen molar-refractivity contribution in [3.8, 4) is 5.75 Å². The number of allylic oxidation sites excluding steroid dienone is 1. The van der Waals surface area contributed by atoms with Gasteiger partial charge in [-0.05, 0) is 44.9 Å². The molecule has 0 fully saturated rings. The van der Waals surface area contributed by atoms with Crippen LogP contribution in [0.2, 0.25) is 0 Å². The van der Waals surface area contributed by atoms with Crippen LogP contribution in [0.5, 0.6) is 5.75 Å². The maximum atomic E-state index is 6.12. The van der Waals surface area contributed by atoms with Gasteiger partial charge in [-0.2, -0.15) is 0 Å². The van der Waals surface area contributed by atoms with E-state index in [1.165, 1.54) is 0 Å². The standard InChI is InChI=1S/C19H32O4Si/c1-6-10-11-15-19(17-13-12-14-18(16-17)20-5)24(21-7-2,22-8-3)23-9-4/h12-16H,6-11H2,1-5H3/b19-15-. The SMILES string of the molecule is CCCC/C=C(/c1cccc(OC)c1)[Si](OCC)(OCC)OCC. The maximum absolute atomic E-state index is 6.12. The highest BCUT2D eigenvalue weighted by atomic mass is 28.4. The van der Waals surface area contributed by atoms with E-state index in [2.05, 4.69) is 19.1 Å². The maximum Gasteiger partial charge on any atom is 0.537 e. The third-order valence-corrected chi connectivity index (χ3v) is 6.78. The van der Waals surface area contributed by atoms with Gasteiger partial charge in [0.25, 0.3) is 0 Å². The molecule has 0 radical (unpaired) electrons. The largest absolute Gasteiger partial charge is 0.537 e. The van der Waals surface area contributed by atoms with E-state index in [1.807, 2.05) is 39.0 Å². The molecule has 0 aliphatic carbocycles. The zero-order chi connectivity index (χ0) is 17.8. The summed E-state index contributed by atoms with van der Waals surface area (Å²) in [7, 11) is -1.27. The average Bonchev–Trinajstić information content (AvgIpc) is 2.59. The third-order valence-electron chi connectivity index (χ3n) is 3.62. The van der Waals surface area contributed by atoms with Crippen LogP contribution in [0.1, 0.15) is 52.5 Å². The molecule has 1 aromatic rings. The monoisotopic (exact) mass is 352 g/mol. The van der Waals surface area contributed by atoms with Crippen LogP contribution in [0.15, 0.2) is 30.3 Å². The highest BCUT2D eigenvalue weighted by Crippen LogP contribution is 2.32. The molecule has 0 saturated heterocycles. The summed E-state index contributed by atoms with van der Waals surface area (Å²) in [5.74, 6) is 0.821. The summed E-state index contributed by atoms with van der Waals surface area (Å²) in [4.78, 5) is 0. The molecule has 1 aromatic carbocycles. The summed E-state index contributed by atoms with van der Waals surface area (Å²) >= 11 is 0. The van der Waals surface area contributed by atoms with Gasteiger partial charge in [-0.25, -0.2) is 0 Å². The minimum atomic E-state index is -2.95. The first-order valence-electron chi connectivity index (χ1n) is 8.94. The van der Waals surface area contributed by atoms with Gasteiger partial charge in [0.2, 0.25) is 0 Å². The number of ether oxygens (including phenoxy) is 1. The van der Waals surface area contributed by atoms with Crippen molar-refractivity contribution in [2.24, 2.45) is 0 Å². The fourth-order valence-corrected chi connectivity index (χ4v) is 5.35. The number of methoxy groups -OCH3 is 1. The number of unbranched alkanes of at least 4 members (excludes halogenated alkanes) is 2. The van der Waals surface area contributed by atoms with Crippen LogP contribution in [0.4, 0.5) is 0 Å². The molecule has 0 atom stereocenters. The van der Waals surface area contributed by atoms with Gasteiger partial charge in [0.05, 0.1) is 7.11 Å². The van der Waals surface area contributed by atoms with Gasteiger partial charge in [0.1, 0.15) is 5.75 Å². The first-order chi connectivity index (χ1) is 11.7. The summed E-state index contributed by atoms with van der Waals surface area (Å²) in [6, 6.07) is 8.03. The molecule has 0 heterocycles. The first-order valence-corrected chi connectivity index (χ1v) is 10.7. The Kier molecular flexibility index (Phi) is 9.94. The fraction of sp³-hybridized carbons (Fsp3) is 0.579. The van der Waals surface area contributed by atoms with E-state index < -0.39 is 8.80 Å². The van der Waals surface area contributed by atoms with Gasteiger partial charge in [-0.3, -0.25) is 0 Å². The number of hydrogen-bond acceptors (Lipinski definition) is 4. The molecule has 24 heavy (non-hydrogen) atoms. The van der Waals surface area contributed by atoms with Crippen LogP contribution >= 0.6 is 0 Å². The molecule has 0 unspecified atom stereocenters. The second kappa shape index (κ2) is 11.4. The van der Waals surface area contributed by atoms with Crippen molar-refractivity contribution in [3.63, 3.8) is 0 Å². The molecular formula is C19H32O4Si. The van der Waals surface area contributed by atoms with E-state index in [4.69, 9.17) is 18.0 Å². The summed E-state index contributed by atoms with van der Waals surface area (Å²) in [5, 5.41) is 1.04. The van der Waals surface area contributed by atoms with Crippen molar-refractivity contribution >= 4 is 14.0 Å². The Bertz CT molecular complexity index is 485. The molecule has 5 heteroatoms. The quantitative estimate of drug-likeness (QED) is 0.398. The van der Waals surface area contributed by atoms with E-state index >= 15 is 0 Å². The molecule has 1 rings (SSSR count). The fourth-order valence-electron chi connectivity index (χ4n) is 2.59. The predicted molar refractivity (Wildman–Crippen MR) is 101 cm³/mol. The van der Waals surface area contributed by atoms with E-state index in [1.54, 1.807) is 7.11 Å². The molecule has 0 aromatic heterocycles. The van der Waals surface area contributed by atoms with E-state index in [0.717, 1.165) is 35.8 Å². The topological polar surface area (TPSA) is 36.9 Å². The number of benzene rings is 1. The average molecular weight is 353 g/mol. The van der Waals surface area contributed by atoms with Crippen LogP contribution in [-0.2, 0) is 13.3 Å². The van der Waals surface area contributed by atoms with Crippen molar-refractivity contribution in [2.45, 2.75) is 47.0 Å². The molecule has 0 N–H and O–H groups in total. The highest BCUT2D eigenvalue weighted by Gasteiger charge is 2.45. The van der Waals surface area contributed by atoms with Crippen LogP contribution in [0.3, 0.4) is 0 Å². The number of rotatable bonds is 12. The molecule has 0 aliphatic heterocycles. The van der Waals surface area contributed by atoms with E-state index in [9.17, 15) is 0 Å². The summed E-state index contributed by atoms with van der Waals surface area (Å²) < 4.78 is 23.7. The third kappa shape index (κ3) is 5.74. The summed E-state index contributed by atoms with van der Waals surface area (Å²) in [6.45, 7) is 9.81. The van der Waals surface area contributed by atoms with E-state index in [0.29, 0.717) is 19.8 Å². The molecule has 136 valence electrons. The second-order valence-electron chi connectivity index (χ2n) is 5.35. The Balaban J connectivity index is 3.37. The zero-order valence-electron chi connectivity index (χ0n) is 15.8. The molecule has 4 nitrogen and oxygen atoms in total. The van der Waals surface area contributed by atoms with Crippen molar-refractivity contribution in [1.82, 2.24) is 0 Å². The minimum Gasteiger partial charge on any atom is -0.497 e. The first kappa shape index (κ1) is 20.9. The van der Waals surface area contributed by atoms with Crippen molar-refractivity contribution in [3.05, 3.63) is 35.9 Å². The van der Waals surface area contributed by atoms with Crippen molar-refractivity contribution in [1.29, 1.82) is 0 Å². The Morgan fingerprint density at radius 3 is 2.12 bits per heavy atom. The molecule has 0 spiro atoms. The highest BCUT2D eigenvalue weighted by molar-refractivity contribution is 6.81. The zero-order valence-corrected chi connectivity index (χ0v) is 16.8. The Hall–Kier alpha value is -1.14. The lowest BCUT2D eigenvalue weighted by Gasteiger charge is -2.31.